The lowest BCUT2D eigenvalue weighted by Gasteiger charge is -2.21. The van der Waals surface area contributed by atoms with Crippen molar-refractivity contribution >= 4 is 12.4 Å². The third kappa shape index (κ3) is 1.45. The summed E-state index contributed by atoms with van der Waals surface area (Å²) in [6.45, 7) is 5.06. The SMILES string of the molecule is C=c1ccc(F)c2c1=NC1=C(CNCC1)C2=O. The van der Waals surface area contributed by atoms with Crippen LogP contribution >= 0.6 is 0 Å². The number of carbonyl (C=O) groups excluding carboxylic acids is 1. The Morgan fingerprint density at radius 1 is 1.41 bits per heavy atom. The molecule has 4 heteroatoms. The molecule has 0 spiro atoms. The molecule has 1 N–H and O–H groups in total. The minimum atomic E-state index is -0.515. The summed E-state index contributed by atoms with van der Waals surface area (Å²) in [6, 6.07) is 2.83. The van der Waals surface area contributed by atoms with Gasteiger partial charge in [0.05, 0.1) is 16.6 Å². The average molecular weight is 230 g/mol. The van der Waals surface area contributed by atoms with Crippen LogP contribution in [0.1, 0.15) is 16.8 Å². The standard InChI is InChI=1S/C13H11FN2O/c1-7-2-3-9(14)11-12(7)16-10-4-5-15-6-8(10)13(11)17/h2-3,15H,1,4-6H2. The van der Waals surface area contributed by atoms with E-state index in [2.05, 4.69) is 16.9 Å². The van der Waals surface area contributed by atoms with Crippen LogP contribution in [0.2, 0.25) is 0 Å². The summed E-state index contributed by atoms with van der Waals surface area (Å²) in [6.07, 6.45) is 0.705. The molecule has 0 aliphatic carbocycles. The van der Waals surface area contributed by atoms with E-state index in [9.17, 15) is 9.18 Å². The molecule has 17 heavy (non-hydrogen) atoms. The predicted octanol–water partition coefficient (Wildman–Crippen LogP) is 0.299. The van der Waals surface area contributed by atoms with Gasteiger partial charge in [-0.15, -0.1) is 0 Å². The van der Waals surface area contributed by atoms with Gasteiger partial charge < -0.3 is 5.32 Å². The fourth-order valence-electron chi connectivity index (χ4n) is 2.25. The number of benzene rings is 1. The smallest absolute Gasteiger partial charge is 0.197 e. The average Bonchev–Trinajstić information content (AvgIpc) is 2.34. The molecule has 86 valence electrons. The first-order valence-electron chi connectivity index (χ1n) is 5.52. The molecule has 0 saturated carbocycles. The second-order valence-electron chi connectivity index (χ2n) is 4.22. The number of nitrogens with one attached hydrogen (secondary N) is 1. The first kappa shape index (κ1) is 10.4. The van der Waals surface area contributed by atoms with Crippen molar-refractivity contribution in [2.75, 3.05) is 13.1 Å². The number of carbonyl (C=O) groups is 1. The molecule has 0 saturated heterocycles. The fraction of sp³-hybridized carbons (Fsp3) is 0.231. The molecule has 2 heterocycles. The number of rotatable bonds is 0. The van der Waals surface area contributed by atoms with Crippen LogP contribution in [0, 0.1) is 5.82 Å². The molecule has 0 bridgehead atoms. The van der Waals surface area contributed by atoms with Crippen molar-refractivity contribution in [1.82, 2.24) is 5.32 Å². The second kappa shape index (κ2) is 3.60. The van der Waals surface area contributed by atoms with Crippen LogP contribution in [0.4, 0.5) is 4.39 Å². The van der Waals surface area contributed by atoms with Crippen LogP contribution < -0.4 is 15.9 Å². The number of ketones is 1. The maximum absolute atomic E-state index is 13.7. The van der Waals surface area contributed by atoms with Crippen molar-refractivity contribution in [3.63, 3.8) is 0 Å². The second-order valence-corrected chi connectivity index (χ2v) is 4.22. The van der Waals surface area contributed by atoms with Crippen molar-refractivity contribution in [1.29, 1.82) is 0 Å². The van der Waals surface area contributed by atoms with E-state index in [-0.39, 0.29) is 11.3 Å². The molecular weight excluding hydrogens is 219 g/mol. The highest BCUT2D eigenvalue weighted by molar-refractivity contribution is 6.10. The number of fused-ring (bicyclic) bond motifs is 1. The molecule has 3 rings (SSSR count). The predicted molar refractivity (Wildman–Crippen MR) is 61.5 cm³/mol. The fourth-order valence-corrected chi connectivity index (χ4v) is 2.25. The Balaban J connectivity index is 2.37. The van der Waals surface area contributed by atoms with Crippen LogP contribution in [0.5, 0.6) is 0 Å². The summed E-state index contributed by atoms with van der Waals surface area (Å²) >= 11 is 0. The van der Waals surface area contributed by atoms with Crippen LogP contribution in [-0.2, 0) is 0 Å². The van der Waals surface area contributed by atoms with Crippen LogP contribution in [0.3, 0.4) is 0 Å². The number of nitrogens with zero attached hydrogens (tertiary/aromatic N) is 1. The Kier molecular flexibility index (Phi) is 2.19. The van der Waals surface area contributed by atoms with Gasteiger partial charge in [0.15, 0.2) is 5.78 Å². The van der Waals surface area contributed by atoms with Crippen molar-refractivity contribution in [2.24, 2.45) is 4.99 Å². The molecule has 2 aliphatic heterocycles. The molecule has 0 unspecified atom stereocenters. The quantitative estimate of drug-likeness (QED) is 0.696. The first-order valence-corrected chi connectivity index (χ1v) is 5.52. The third-order valence-electron chi connectivity index (χ3n) is 3.15. The summed E-state index contributed by atoms with van der Waals surface area (Å²) in [5, 5.41) is 4.10. The van der Waals surface area contributed by atoms with Gasteiger partial charge in [-0.25, -0.2) is 4.39 Å². The van der Waals surface area contributed by atoms with Gasteiger partial charge in [-0.05, 0) is 11.3 Å². The highest BCUT2D eigenvalue weighted by Crippen LogP contribution is 2.21. The van der Waals surface area contributed by atoms with E-state index in [1.807, 2.05) is 0 Å². The molecule has 3 nitrogen and oxygen atoms in total. The van der Waals surface area contributed by atoms with E-state index in [4.69, 9.17) is 0 Å². The van der Waals surface area contributed by atoms with Crippen molar-refractivity contribution < 1.29 is 9.18 Å². The topological polar surface area (TPSA) is 41.5 Å². The number of hydrogen-bond donors (Lipinski definition) is 1. The van der Waals surface area contributed by atoms with Crippen LogP contribution in [0.15, 0.2) is 28.4 Å². The highest BCUT2D eigenvalue weighted by atomic mass is 19.1. The third-order valence-corrected chi connectivity index (χ3v) is 3.15. The summed E-state index contributed by atoms with van der Waals surface area (Å²) < 4.78 is 13.7. The van der Waals surface area contributed by atoms with E-state index in [1.54, 1.807) is 6.07 Å². The minimum absolute atomic E-state index is 0.0694. The van der Waals surface area contributed by atoms with E-state index >= 15 is 0 Å². The van der Waals surface area contributed by atoms with Gasteiger partial charge in [-0.1, -0.05) is 12.6 Å². The van der Waals surface area contributed by atoms with Crippen LogP contribution in [0.25, 0.3) is 6.58 Å². The summed E-state index contributed by atoms with van der Waals surface area (Å²) in [7, 11) is 0. The van der Waals surface area contributed by atoms with Gasteiger partial charge >= 0.3 is 0 Å². The monoisotopic (exact) mass is 230 g/mol. The van der Waals surface area contributed by atoms with Gasteiger partial charge in [0.25, 0.3) is 0 Å². The lowest BCUT2D eigenvalue weighted by molar-refractivity contribution is 0.102. The molecule has 1 aromatic rings. The van der Waals surface area contributed by atoms with Crippen molar-refractivity contribution in [3.8, 4) is 0 Å². The zero-order valence-corrected chi connectivity index (χ0v) is 9.22. The van der Waals surface area contributed by atoms with E-state index in [0.717, 1.165) is 12.2 Å². The van der Waals surface area contributed by atoms with Crippen molar-refractivity contribution in [3.05, 3.63) is 45.4 Å². The Bertz CT molecular complexity index is 661. The molecule has 0 radical (unpaired) electrons. The van der Waals surface area contributed by atoms with Gasteiger partial charge in [0, 0.05) is 25.1 Å². The maximum atomic E-state index is 13.7. The summed E-state index contributed by atoms with van der Waals surface area (Å²) in [5.41, 5.74) is 1.44. The lowest BCUT2D eigenvalue weighted by atomic mass is 9.94. The molecule has 0 aromatic heterocycles. The molecule has 1 aromatic carbocycles. The Morgan fingerprint density at radius 3 is 3.06 bits per heavy atom. The molecule has 0 atom stereocenters. The minimum Gasteiger partial charge on any atom is -0.312 e. The molecule has 0 fully saturated rings. The van der Waals surface area contributed by atoms with E-state index < -0.39 is 5.82 Å². The molecule has 0 amide bonds. The first-order chi connectivity index (χ1) is 8.18. The van der Waals surface area contributed by atoms with Crippen molar-refractivity contribution in [2.45, 2.75) is 6.42 Å². The maximum Gasteiger partial charge on any atom is 0.197 e. The van der Waals surface area contributed by atoms with Gasteiger partial charge in [-0.3, -0.25) is 9.79 Å². The summed E-state index contributed by atoms with van der Waals surface area (Å²) in [5.74, 6) is -0.765. The Labute approximate surface area is 97.4 Å². The van der Waals surface area contributed by atoms with Crippen LogP contribution in [-0.4, -0.2) is 18.9 Å². The Hall–Kier alpha value is -1.81. The number of hydrogen-bond acceptors (Lipinski definition) is 3. The zero-order valence-electron chi connectivity index (χ0n) is 9.22. The lowest BCUT2D eigenvalue weighted by Crippen LogP contribution is -2.39. The van der Waals surface area contributed by atoms with Gasteiger partial charge in [0.2, 0.25) is 0 Å². The largest absolute Gasteiger partial charge is 0.312 e. The number of halogens is 1. The highest BCUT2D eigenvalue weighted by Gasteiger charge is 2.27. The number of Topliss-reactive ketones (excluding diaryl/α,β-unsaturated/α-hetero) is 1. The van der Waals surface area contributed by atoms with Gasteiger partial charge in [0.1, 0.15) is 5.82 Å². The molecular formula is C13H11FN2O. The zero-order chi connectivity index (χ0) is 12.0. The van der Waals surface area contributed by atoms with E-state index in [0.29, 0.717) is 29.1 Å². The summed E-state index contributed by atoms with van der Waals surface area (Å²) in [4.78, 5) is 16.6. The Morgan fingerprint density at radius 2 is 2.24 bits per heavy atom. The normalized spacial score (nSPS) is 18.5. The van der Waals surface area contributed by atoms with E-state index in [1.165, 1.54) is 6.07 Å². The molecule has 2 aliphatic rings. The van der Waals surface area contributed by atoms with Gasteiger partial charge in [-0.2, -0.15) is 0 Å².